The average Bonchev–Trinajstić information content (AvgIpc) is 3.13. The van der Waals surface area contributed by atoms with Gasteiger partial charge in [0, 0.05) is 29.9 Å². The Morgan fingerprint density at radius 2 is 1.88 bits per heavy atom. The minimum atomic E-state index is -0.0944. The van der Waals surface area contributed by atoms with E-state index < -0.39 is 0 Å². The third kappa shape index (κ3) is 4.23. The molecule has 0 atom stereocenters. The fraction of sp³-hybridized carbons (Fsp3) is 0.158. The number of rotatable bonds is 7. The number of para-hydroxylation sites is 1. The molecule has 24 heavy (non-hydrogen) atoms. The second-order valence-electron chi connectivity index (χ2n) is 5.29. The number of aromatic amines is 1. The minimum Gasteiger partial charge on any atom is -0.491 e. The van der Waals surface area contributed by atoms with Gasteiger partial charge in [0.1, 0.15) is 18.2 Å². The van der Waals surface area contributed by atoms with Gasteiger partial charge in [0.25, 0.3) is 5.91 Å². The van der Waals surface area contributed by atoms with Crippen LogP contribution in [0.3, 0.4) is 0 Å². The van der Waals surface area contributed by atoms with Crippen LogP contribution < -0.4 is 10.1 Å². The van der Waals surface area contributed by atoms with Crippen LogP contribution in [0.15, 0.2) is 67.0 Å². The lowest BCUT2D eigenvalue weighted by atomic mass is 10.1. The predicted molar refractivity (Wildman–Crippen MR) is 92.1 cm³/mol. The first kappa shape index (κ1) is 15.8. The number of carbonyl (C=O) groups is 1. The standard InChI is InChI=1S/C19H19N3O2/c23-19(15-6-2-1-3-7-15)22-12-13-24-17-9-5-4-8-16(17)14-18-20-10-11-21-18/h1-11H,12-14H2,(H,20,21)(H,22,23). The van der Waals surface area contributed by atoms with Gasteiger partial charge in [-0.05, 0) is 18.2 Å². The third-order valence-electron chi connectivity index (χ3n) is 3.57. The van der Waals surface area contributed by atoms with Crippen LogP contribution in [0.25, 0.3) is 0 Å². The zero-order chi connectivity index (χ0) is 16.6. The van der Waals surface area contributed by atoms with E-state index in [4.69, 9.17) is 4.74 Å². The quantitative estimate of drug-likeness (QED) is 0.658. The van der Waals surface area contributed by atoms with Crippen LogP contribution in [0.1, 0.15) is 21.7 Å². The summed E-state index contributed by atoms with van der Waals surface area (Å²) in [5, 5.41) is 2.85. The van der Waals surface area contributed by atoms with Crippen LogP contribution >= 0.6 is 0 Å². The van der Waals surface area contributed by atoms with Crippen molar-refractivity contribution in [3.8, 4) is 5.75 Å². The van der Waals surface area contributed by atoms with Crippen molar-refractivity contribution in [2.75, 3.05) is 13.2 Å². The smallest absolute Gasteiger partial charge is 0.251 e. The molecule has 0 aliphatic carbocycles. The molecule has 3 aromatic rings. The van der Waals surface area contributed by atoms with Gasteiger partial charge in [-0.3, -0.25) is 4.79 Å². The number of nitrogens with zero attached hydrogens (tertiary/aromatic N) is 1. The molecule has 1 aromatic heterocycles. The van der Waals surface area contributed by atoms with Crippen molar-refractivity contribution >= 4 is 5.91 Å². The molecule has 1 amide bonds. The fourth-order valence-corrected chi connectivity index (χ4v) is 2.38. The molecule has 0 aliphatic rings. The molecule has 2 N–H and O–H groups in total. The summed E-state index contributed by atoms with van der Waals surface area (Å²) in [4.78, 5) is 19.3. The van der Waals surface area contributed by atoms with Gasteiger partial charge in [-0.25, -0.2) is 4.98 Å². The summed E-state index contributed by atoms with van der Waals surface area (Å²) in [5.41, 5.74) is 1.71. The van der Waals surface area contributed by atoms with Crippen molar-refractivity contribution < 1.29 is 9.53 Å². The van der Waals surface area contributed by atoms with Crippen LogP contribution in [0, 0.1) is 0 Å². The monoisotopic (exact) mass is 321 g/mol. The van der Waals surface area contributed by atoms with E-state index in [1.807, 2.05) is 42.5 Å². The summed E-state index contributed by atoms with van der Waals surface area (Å²) >= 11 is 0. The van der Waals surface area contributed by atoms with E-state index in [-0.39, 0.29) is 5.91 Å². The molecule has 0 bridgehead atoms. The fourth-order valence-electron chi connectivity index (χ4n) is 2.38. The van der Waals surface area contributed by atoms with Crippen molar-refractivity contribution in [2.24, 2.45) is 0 Å². The van der Waals surface area contributed by atoms with Gasteiger partial charge < -0.3 is 15.0 Å². The van der Waals surface area contributed by atoms with Crippen molar-refractivity contribution in [3.63, 3.8) is 0 Å². The molecule has 0 aliphatic heterocycles. The molecule has 3 rings (SSSR count). The second kappa shape index (κ2) is 7.97. The molecule has 0 unspecified atom stereocenters. The highest BCUT2D eigenvalue weighted by atomic mass is 16.5. The molecule has 0 radical (unpaired) electrons. The second-order valence-corrected chi connectivity index (χ2v) is 5.29. The molecule has 0 saturated carbocycles. The summed E-state index contributed by atoms with van der Waals surface area (Å²) in [6.07, 6.45) is 4.22. The molecule has 0 saturated heterocycles. The van der Waals surface area contributed by atoms with Crippen LogP contribution in [0.2, 0.25) is 0 Å². The van der Waals surface area contributed by atoms with Crippen molar-refractivity contribution in [2.45, 2.75) is 6.42 Å². The Hall–Kier alpha value is -3.08. The molecular formula is C19H19N3O2. The van der Waals surface area contributed by atoms with E-state index in [1.165, 1.54) is 0 Å². The Labute approximate surface area is 140 Å². The number of carbonyl (C=O) groups excluding carboxylic acids is 1. The first-order chi connectivity index (χ1) is 11.8. The molecule has 1 heterocycles. The first-order valence-electron chi connectivity index (χ1n) is 7.85. The Morgan fingerprint density at radius 3 is 2.67 bits per heavy atom. The SMILES string of the molecule is O=C(NCCOc1ccccc1Cc1ncc[nH]1)c1ccccc1. The number of amides is 1. The summed E-state index contributed by atoms with van der Waals surface area (Å²) in [5.74, 6) is 1.61. The van der Waals surface area contributed by atoms with Crippen molar-refractivity contribution in [3.05, 3.63) is 83.9 Å². The van der Waals surface area contributed by atoms with E-state index in [2.05, 4.69) is 15.3 Å². The number of ether oxygens (including phenoxy) is 1. The molecule has 5 heteroatoms. The Balaban J connectivity index is 1.51. The van der Waals surface area contributed by atoms with Gasteiger partial charge in [0.15, 0.2) is 0 Å². The third-order valence-corrected chi connectivity index (χ3v) is 3.57. The normalized spacial score (nSPS) is 10.3. The highest BCUT2D eigenvalue weighted by Gasteiger charge is 2.07. The zero-order valence-corrected chi connectivity index (χ0v) is 13.2. The summed E-state index contributed by atoms with van der Waals surface area (Å²) in [6.45, 7) is 0.858. The number of nitrogens with one attached hydrogen (secondary N) is 2. The molecule has 122 valence electrons. The largest absolute Gasteiger partial charge is 0.491 e. The summed E-state index contributed by atoms with van der Waals surface area (Å²) in [6, 6.07) is 17.0. The summed E-state index contributed by atoms with van der Waals surface area (Å²) in [7, 11) is 0. The lowest BCUT2D eigenvalue weighted by Gasteiger charge is -2.11. The number of aromatic nitrogens is 2. The number of benzene rings is 2. The van der Waals surface area contributed by atoms with Gasteiger partial charge in [-0.1, -0.05) is 36.4 Å². The van der Waals surface area contributed by atoms with Gasteiger partial charge in [-0.15, -0.1) is 0 Å². The maximum absolute atomic E-state index is 12.0. The maximum atomic E-state index is 12.0. The van der Waals surface area contributed by atoms with E-state index >= 15 is 0 Å². The van der Waals surface area contributed by atoms with E-state index in [0.717, 1.165) is 17.1 Å². The molecule has 2 aromatic carbocycles. The lowest BCUT2D eigenvalue weighted by Crippen LogP contribution is -2.28. The first-order valence-corrected chi connectivity index (χ1v) is 7.85. The molecule has 5 nitrogen and oxygen atoms in total. The number of hydrogen-bond donors (Lipinski definition) is 2. The number of imidazole rings is 1. The van der Waals surface area contributed by atoms with E-state index in [0.29, 0.717) is 25.1 Å². The van der Waals surface area contributed by atoms with Crippen LogP contribution in [-0.2, 0) is 6.42 Å². The van der Waals surface area contributed by atoms with Gasteiger partial charge >= 0.3 is 0 Å². The van der Waals surface area contributed by atoms with Gasteiger partial charge in [0.05, 0.1) is 6.54 Å². The number of H-pyrrole nitrogens is 1. The lowest BCUT2D eigenvalue weighted by molar-refractivity contribution is 0.0947. The van der Waals surface area contributed by atoms with Crippen molar-refractivity contribution in [1.82, 2.24) is 15.3 Å². The zero-order valence-electron chi connectivity index (χ0n) is 13.2. The Kier molecular flexibility index (Phi) is 5.24. The minimum absolute atomic E-state index is 0.0944. The van der Waals surface area contributed by atoms with E-state index in [9.17, 15) is 4.79 Å². The van der Waals surface area contributed by atoms with Crippen LogP contribution in [0.4, 0.5) is 0 Å². The highest BCUT2D eigenvalue weighted by Crippen LogP contribution is 2.20. The molecular weight excluding hydrogens is 302 g/mol. The maximum Gasteiger partial charge on any atom is 0.251 e. The van der Waals surface area contributed by atoms with Crippen LogP contribution in [-0.4, -0.2) is 29.0 Å². The number of hydrogen-bond acceptors (Lipinski definition) is 3. The van der Waals surface area contributed by atoms with Crippen LogP contribution in [0.5, 0.6) is 5.75 Å². The summed E-state index contributed by atoms with van der Waals surface area (Å²) < 4.78 is 5.82. The highest BCUT2D eigenvalue weighted by molar-refractivity contribution is 5.94. The van der Waals surface area contributed by atoms with Gasteiger partial charge in [0.2, 0.25) is 0 Å². The molecule has 0 fully saturated rings. The van der Waals surface area contributed by atoms with Crippen molar-refractivity contribution in [1.29, 1.82) is 0 Å². The Bertz CT molecular complexity index is 770. The predicted octanol–water partition coefficient (Wildman–Crippen LogP) is 2.81. The Morgan fingerprint density at radius 1 is 1.08 bits per heavy atom. The molecule has 0 spiro atoms. The van der Waals surface area contributed by atoms with E-state index in [1.54, 1.807) is 24.5 Å². The topological polar surface area (TPSA) is 67.0 Å². The average molecular weight is 321 g/mol. The van der Waals surface area contributed by atoms with Gasteiger partial charge in [-0.2, -0.15) is 0 Å².